The molecular formula is C15H22N4S. The number of nitrogens with one attached hydrogen (secondary N) is 1. The molecule has 1 fully saturated rings. The minimum Gasteiger partial charge on any atom is -0.348 e. The lowest BCUT2D eigenvalue weighted by atomic mass is 9.95. The van der Waals surface area contributed by atoms with Gasteiger partial charge < -0.3 is 4.90 Å². The number of hydrogen-bond acceptors (Lipinski definition) is 3. The van der Waals surface area contributed by atoms with Crippen molar-refractivity contribution >= 4 is 23.0 Å². The van der Waals surface area contributed by atoms with E-state index in [-0.39, 0.29) is 0 Å². The predicted molar refractivity (Wildman–Crippen MR) is 86.8 cm³/mol. The molecule has 0 amide bonds. The van der Waals surface area contributed by atoms with Crippen LogP contribution in [0.4, 0.5) is 0 Å². The average molecular weight is 290 g/mol. The minimum atomic E-state index is 0.550. The Balaban J connectivity index is 1.90. The van der Waals surface area contributed by atoms with Crippen molar-refractivity contribution in [1.82, 2.24) is 15.3 Å². The van der Waals surface area contributed by atoms with Gasteiger partial charge in [-0.25, -0.2) is 0 Å². The van der Waals surface area contributed by atoms with Crippen LogP contribution < -0.4 is 5.43 Å². The smallest absolute Gasteiger partial charge is 0.189 e. The fraction of sp³-hybridized carbons (Fsp3) is 0.533. The van der Waals surface area contributed by atoms with E-state index in [2.05, 4.69) is 27.5 Å². The van der Waals surface area contributed by atoms with Crippen LogP contribution in [0, 0.1) is 0 Å². The van der Waals surface area contributed by atoms with Gasteiger partial charge in [-0.15, -0.1) is 0 Å². The summed E-state index contributed by atoms with van der Waals surface area (Å²) in [5, 5.41) is 5.02. The first kappa shape index (κ1) is 14.9. The summed E-state index contributed by atoms with van der Waals surface area (Å²) >= 11 is 5.41. The Hall–Kier alpha value is -1.49. The molecule has 1 aliphatic rings. The molecule has 0 saturated heterocycles. The topological polar surface area (TPSA) is 40.5 Å². The standard InChI is InChI=1S/C15H22N4S/c1-12(14-10-6-7-11-16-14)17-18-15(20)19(2)13-8-4-3-5-9-13/h6-7,10-11,13H,3-5,8-9H2,1-2H3,(H,18,20)/b17-12-. The molecular weight excluding hydrogens is 268 g/mol. The highest BCUT2D eigenvalue weighted by molar-refractivity contribution is 7.80. The van der Waals surface area contributed by atoms with E-state index < -0.39 is 0 Å². The molecule has 0 aromatic carbocycles. The third-order valence-electron chi connectivity index (χ3n) is 3.80. The van der Waals surface area contributed by atoms with Crippen LogP contribution >= 0.6 is 12.2 Å². The van der Waals surface area contributed by atoms with Crippen LogP contribution in [-0.4, -0.2) is 33.8 Å². The maximum atomic E-state index is 5.41. The van der Waals surface area contributed by atoms with Crippen molar-refractivity contribution in [3.05, 3.63) is 30.1 Å². The van der Waals surface area contributed by atoms with E-state index in [1.54, 1.807) is 6.20 Å². The summed E-state index contributed by atoms with van der Waals surface area (Å²) in [6.07, 6.45) is 8.16. The van der Waals surface area contributed by atoms with E-state index in [1.807, 2.05) is 25.1 Å². The Bertz CT molecular complexity index is 466. The van der Waals surface area contributed by atoms with Gasteiger partial charge in [0.2, 0.25) is 0 Å². The summed E-state index contributed by atoms with van der Waals surface area (Å²) in [5.41, 5.74) is 4.69. The largest absolute Gasteiger partial charge is 0.348 e. The summed E-state index contributed by atoms with van der Waals surface area (Å²) in [5.74, 6) is 0. The van der Waals surface area contributed by atoms with Gasteiger partial charge >= 0.3 is 0 Å². The van der Waals surface area contributed by atoms with E-state index in [9.17, 15) is 0 Å². The molecule has 2 rings (SSSR count). The van der Waals surface area contributed by atoms with E-state index >= 15 is 0 Å². The number of rotatable bonds is 3. The first-order valence-corrected chi connectivity index (χ1v) is 7.58. The van der Waals surface area contributed by atoms with Gasteiger partial charge in [0.15, 0.2) is 5.11 Å². The Morgan fingerprint density at radius 2 is 2.10 bits per heavy atom. The molecule has 1 N–H and O–H groups in total. The SMILES string of the molecule is C/C(=N/NC(=S)N(C)C1CCCCC1)c1ccccn1. The lowest BCUT2D eigenvalue weighted by Crippen LogP contribution is -2.42. The fourth-order valence-corrected chi connectivity index (χ4v) is 2.67. The summed E-state index contributed by atoms with van der Waals surface area (Å²) in [7, 11) is 2.05. The van der Waals surface area contributed by atoms with Crippen LogP contribution in [0.3, 0.4) is 0 Å². The van der Waals surface area contributed by atoms with Gasteiger partial charge in [0.25, 0.3) is 0 Å². The fourth-order valence-electron chi connectivity index (χ4n) is 2.48. The molecule has 1 aliphatic carbocycles. The Morgan fingerprint density at radius 1 is 1.35 bits per heavy atom. The van der Waals surface area contributed by atoms with E-state index in [0.717, 1.165) is 11.4 Å². The second-order valence-corrected chi connectivity index (χ2v) is 5.62. The third-order valence-corrected chi connectivity index (χ3v) is 4.18. The highest BCUT2D eigenvalue weighted by Gasteiger charge is 2.19. The van der Waals surface area contributed by atoms with Crippen molar-refractivity contribution < 1.29 is 0 Å². The van der Waals surface area contributed by atoms with Crippen LogP contribution in [0.15, 0.2) is 29.5 Å². The van der Waals surface area contributed by atoms with Crippen molar-refractivity contribution in [3.8, 4) is 0 Å². The number of hydrazone groups is 1. The molecule has 5 heteroatoms. The number of aromatic nitrogens is 1. The zero-order valence-electron chi connectivity index (χ0n) is 12.2. The predicted octanol–water partition coefficient (Wildman–Crippen LogP) is 2.94. The normalized spacial score (nSPS) is 16.8. The molecule has 1 aromatic heterocycles. The molecule has 108 valence electrons. The van der Waals surface area contributed by atoms with Crippen LogP contribution in [0.2, 0.25) is 0 Å². The quantitative estimate of drug-likeness (QED) is 0.528. The van der Waals surface area contributed by atoms with Gasteiger partial charge in [0.1, 0.15) is 0 Å². The molecule has 4 nitrogen and oxygen atoms in total. The van der Waals surface area contributed by atoms with Gasteiger partial charge in [-0.1, -0.05) is 25.3 Å². The lowest BCUT2D eigenvalue weighted by Gasteiger charge is -2.32. The number of hydrogen-bond donors (Lipinski definition) is 1. The first-order chi connectivity index (χ1) is 9.68. The van der Waals surface area contributed by atoms with Gasteiger partial charge in [-0.05, 0) is 44.1 Å². The minimum absolute atomic E-state index is 0.550. The second-order valence-electron chi connectivity index (χ2n) is 5.23. The number of thiocarbonyl (C=S) groups is 1. The first-order valence-electron chi connectivity index (χ1n) is 7.17. The monoisotopic (exact) mass is 290 g/mol. The number of pyridine rings is 1. The summed E-state index contributed by atoms with van der Waals surface area (Å²) in [6.45, 7) is 1.93. The zero-order chi connectivity index (χ0) is 14.4. The molecule has 0 atom stereocenters. The Labute approximate surface area is 126 Å². The van der Waals surface area contributed by atoms with Crippen molar-refractivity contribution in [2.45, 2.75) is 45.1 Å². The van der Waals surface area contributed by atoms with Crippen molar-refractivity contribution in [2.75, 3.05) is 7.05 Å². The summed E-state index contributed by atoms with van der Waals surface area (Å²) in [6, 6.07) is 6.34. The van der Waals surface area contributed by atoms with Gasteiger partial charge in [0.05, 0.1) is 11.4 Å². The average Bonchev–Trinajstić information content (AvgIpc) is 2.53. The molecule has 0 unspecified atom stereocenters. The van der Waals surface area contributed by atoms with Crippen LogP contribution in [0.5, 0.6) is 0 Å². The van der Waals surface area contributed by atoms with E-state index in [0.29, 0.717) is 11.2 Å². The van der Waals surface area contributed by atoms with Crippen molar-refractivity contribution in [1.29, 1.82) is 0 Å². The highest BCUT2D eigenvalue weighted by atomic mass is 32.1. The highest BCUT2D eigenvalue weighted by Crippen LogP contribution is 2.21. The number of nitrogens with zero attached hydrogens (tertiary/aromatic N) is 3. The Morgan fingerprint density at radius 3 is 2.75 bits per heavy atom. The second kappa shape index (κ2) is 7.33. The van der Waals surface area contributed by atoms with Crippen molar-refractivity contribution in [2.24, 2.45) is 5.10 Å². The molecule has 1 saturated carbocycles. The van der Waals surface area contributed by atoms with Crippen LogP contribution in [0.1, 0.15) is 44.7 Å². The summed E-state index contributed by atoms with van der Waals surface area (Å²) < 4.78 is 0. The van der Waals surface area contributed by atoms with E-state index in [4.69, 9.17) is 12.2 Å². The lowest BCUT2D eigenvalue weighted by molar-refractivity contribution is 0.276. The zero-order valence-corrected chi connectivity index (χ0v) is 13.0. The molecule has 1 heterocycles. The Kier molecular flexibility index (Phi) is 5.47. The molecule has 0 bridgehead atoms. The maximum Gasteiger partial charge on any atom is 0.189 e. The maximum absolute atomic E-state index is 5.41. The molecule has 20 heavy (non-hydrogen) atoms. The van der Waals surface area contributed by atoms with Crippen LogP contribution in [-0.2, 0) is 0 Å². The van der Waals surface area contributed by atoms with Gasteiger partial charge in [0, 0.05) is 19.3 Å². The molecule has 1 aromatic rings. The van der Waals surface area contributed by atoms with Crippen LogP contribution in [0.25, 0.3) is 0 Å². The van der Waals surface area contributed by atoms with Crippen molar-refractivity contribution in [3.63, 3.8) is 0 Å². The van der Waals surface area contributed by atoms with E-state index in [1.165, 1.54) is 32.1 Å². The van der Waals surface area contributed by atoms with Gasteiger partial charge in [-0.3, -0.25) is 10.4 Å². The van der Waals surface area contributed by atoms with Gasteiger partial charge in [-0.2, -0.15) is 5.10 Å². The molecule has 0 radical (unpaired) electrons. The molecule has 0 spiro atoms. The summed E-state index contributed by atoms with van der Waals surface area (Å²) in [4.78, 5) is 6.41. The third kappa shape index (κ3) is 4.00. The molecule has 0 aliphatic heterocycles.